The maximum Gasteiger partial charge on any atom is 0.0853 e. The molecule has 0 fully saturated rings. The first kappa shape index (κ1) is 6.41. The van der Waals surface area contributed by atoms with Crippen LogP contribution in [-0.4, -0.2) is 0 Å². The predicted octanol–water partition coefficient (Wildman–Crippen LogP) is 0.865. The van der Waals surface area contributed by atoms with Gasteiger partial charge in [-0.2, -0.15) is 0 Å². The van der Waals surface area contributed by atoms with Gasteiger partial charge in [0.15, 0.2) is 0 Å². The van der Waals surface area contributed by atoms with Crippen LogP contribution in [0.15, 0.2) is 12.3 Å². The molecule has 0 aliphatic rings. The van der Waals surface area contributed by atoms with Crippen molar-refractivity contribution in [2.45, 2.75) is 19.3 Å². The van der Waals surface area contributed by atoms with Crippen LogP contribution >= 0.6 is 0 Å². The molecule has 40 valence electrons. The molecule has 0 aliphatic carbocycles. The number of hydrogen-bond acceptors (Lipinski definition) is 1. The number of unbranched alkanes of at least 4 members (excludes halogenated alkanes) is 1. The van der Waals surface area contributed by atoms with Crippen LogP contribution in [0.25, 0.3) is 0 Å². The number of hydrogen-bond donors (Lipinski definition) is 0. The molecule has 0 aromatic carbocycles. The van der Waals surface area contributed by atoms with Gasteiger partial charge in [-0.05, 0) is 12.8 Å². The smallest absolute Gasteiger partial charge is 0.0853 e. The van der Waals surface area contributed by atoms with Crippen molar-refractivity contribution in [3.63, 3.8) is 0 Å². The van der Waals surface area contributed by atoms with Crippen LogP contribution in [-0.2, 0) is 0 Å². The molecule has 0 amide bonds. The largest absolute Gasteiger partial charge is 0.876 e. The molecule has 1 heteroatoms. The first-order valence-corrected chi connectivity index (χ1v) is 2.41. The summed E-state index contributed by atoms with van der Waals surface area (Å²) in [6.45, 7) is 6.79. The summed E-state index contributed by atoms with van der Waals surface area (Å²) in [5, 5.41) is 10.1. The van der Waals surface area contributed by atoms with Crippen molar-refractivity contribution in [1.29, 1.82) is 0 Å². The molecule has 0 aliphatic heterocycles. The molecule has 0 radical (unpaired) electrons. The average molecular weight is 98.1 g/mol. The van der Waals surface area contributed by atoms with Gasteiger partial charge < -0.3 is 5.11 Å². The Morgan fingerprint density at radius 1 is 1.71 bits per heavy atom. The molecule has 0 N–H and O–H groups in total. The molecule has 7 heavy (non-hydrogen) atoms. The lowest BCUT2D eigenvalue weighted by atomic mass is 10.2. The van der Waals surface area contributed by atoms with Crippen LogP contribution in [0.2, 0.25) is 0 Å². The average Bonchev–Trinajstić information content (AvgIpc) is 1.61. The van der Waals surface area contributed by atoms with Crippen LogP contribution in [0.4, 0.5) is 0 Å². The minimum Gasteiger partial charge on any atom is -0.876 e. The lowest BCUT2D eigenvalue weighted by molar-refractivity contribution is -0.305. The summed E-state index contributed by atoms with van der Waals surface area (Å²) in [6.07, 6.45) is 2.30. The lowest BCUT2D eigenvalue weighted by Crippen LogP contribution is -1.99. The summed E-state index contributed by atoms with van der Waals surface area (Å²) in [7, 11) is 0. The third-order valence-electron chi connectivity index (χ3n) is 0.706. The minimum absolute atomic E-state index is 0.0173. The standard InChI is InChI=1S/C6H10O/c1-3-4-5-6(2)7/h1-5H2. The van der Waals surface area contributed by atoms with Gasteiger partial charge in [0.05, 0.1) is 13.3 Å². The van der Waals surface area contributed by atoms with Crippen molar-refractivity contribution in [3.05, 3.63) is 19.3 Å². The molecule has 0 aromatic rings. The summed E-state index contributed by atoms with van der Waals surface area (Å²) in [4.78, 5) is 0. The Labute approximate surface area is 44.7 Å². The summed E-state index contributed by atoms with van der Waals surface area (Å²) in [6, 6.07) is 0. The topological polar surface area (TPSA) is 23.1 Å². The minimum atomic E-state index is 0.0173. The van der Waals surface area contributed by atoms with Gasteiger partial charge in [0.1, 0.15) is 0 Å². The summed E-state index contributed by atoms with van der Waals surface area (Å²) in [5.74, 6) is 0.0173. The SMILES string of the molecule is C=C([O-])CCC[CH2+]. The molecular weight excluding hydrogens is 88.1 g/mol. The van der Waals surface area contributed by atoms with E-state index in [9.17, 15) is 5.11 Å². The van der Waals surface area contributed by atoms with Gasteiger partial charge >= 0.3 is 0 Å². The van der Waals surface area contributed by atoms with Crippen LogP contribution in [0.5, 0.6) is 0 Å². The molecule has 0 saturated carbocycles. The fraction of sp³-hybridized carbons (Fsp3) is 0.500. The van der Waals surface area contributed by atoms with Crippen molar-refractivity contribution >= 4 is 0 Å². The third kappa shape index (κ3) is 5.41. The van der Waals surface area contributed by atoms with E-state index in [1.54, 1.807) is 0 Å². The van der Waals surface area contributed by atoms with E-state index in [1.807, 2.05) is 0 Å². The normalized spacial score (nSPS) is 8.57. The lowest BCUT2D eigenvalue weighted by Gasteiger charge is -2.03. The van der Waals surface area contributed by atoms with Gasteiger partial charge in [-0.15, -0.1) is 12.3 Å². The molecule has 0 bridgehead atoms. The Morgan fingerprint density at radius 3 is 2.43 bits per heavy atom. The van der Waals surface area contributed by atoms with Crippen LogP contribution in [0.1, 0.15) is 19.3 Å². The first-order chi connectivity index (χ1) is 3.27. The van der Waals surface area contributed by atoms with Crippen molar-refractivity contribution in [2.24, 2.45) is 0 Å². The Bertz CT molecular complexity index is 57.2. The maximum absolute atomic E-state index is 10.1. The summed E-state index contributed by atoms with van der Waals surface area (Å²) in [5.41, 5.74) is 0. The highest BCUT2D eigenvalue weighted by Crippen LogP contribution is 1.96. The van der Waals surface area contributed by atoms with Gasteiger partial charge in [-0.1, -0.05) is 0 Å². The van der Waals surface area contributed by atoms with Crippen molar-refractivity contribution < 1.29 is 5.11 Å². The van der Waals surface area contributed by atoms with E-state index < -0.39 is 0 Å². The molecule has 1 nitrogen and oxygen atoms in total. The van der Waals surface area contributed by atoms with E-state index in [4.69, 9.17) is 0 Å². The Morgan fingerprint density at radius 2 is 2.29 bits per heavy atom. The highest BCUT2D eigenvalue weighted by molar-refractivity contribution is 4.75. The Kier molecular flexibility index (Phi) is 3.29. The van der Waals surface area contributed by atoms with Gasteiger partial charge in [-0.25, -0.2) is 0 Å². The highest BCUT2D eigenvalue weighted by atomic mass is 16.3. The van der Waals surface area contributed by atoms with E-state index in [2.05, 4.69) is 13.5 Å². The second-order valence-electron chi connectivity index (χ2n) is 1.50. The van der Waals surface area contributed by atoms with E-state index >= 15 is 0 Å². The van der Waals surface area contributed by atoms with Gasteiger partial charge in [0.2, 0.25) is 0 Å². The zero-order chi connectivity index (χ0) is 5.70. The van der Waals surface area contributed by atoms with E-state index in [-0.39, 0.29) is 5.76 Å². The zero-order valence-corrected chi connectivity index (χ0v) is 4.44. The van der Waals surface area contributed by atoms with Crippen LogP contribution < -0.4 is 5.11 Å². The summed E-state index contributed by atoms with van der Waals surface area (Å²) >= 11 is 0. The van der Waals surface area contributed by atoms with Crippen molar-refractivity contribution in [2.75, 3.05) is 0 Å². The predicted molar refractivity (Wildman–Crippen MR) is 28.3 cm³/mol. The monoisotopic (exact) mass is 98.1 g/mol. The second-order valence-corrected chi connectivity index (χ2v) is 1.50. The maximum atomic E-state index is 10.1. The molecule has 0 aromatic heterocycles. The molecular formula is C6H10O. The second kappa shape index (κ2) is 3.59. The highest BCUT2D eigenvalue weighted by Gasteiger charge is 1.80. The van der Waals surface area contributed by atoms with E-state index in [0.29, 0.717) is 6.42 Å². The van der Waals surface area contributed by atoms with Gasteiger partial charge in [0, 0.05) is 0 Å². The molecule has 0 atom stereocenters. The van der Waals surface area contributed by atoms with Crippen molar-refractivity contribution in [1.82, 2.24) is 0 Å². The third-order valence-corrected chi connectivity index (χ3v) is 0.706. The van der Waals surface area contributed by atoms with E-state index in [0.717, 1.165) is 12.8 Å². The van der Waals surface area contributed by atoms with Gasteiger partial charge in [0.25, 0.3) is 0 Å². The molecule has 0 spiro atoms. The molecule has 0 heterocycles. The molecule has 0 saturated heterocycles. The number of allylic oxidation sites excluding steroid dienone is 1. The van der Waals surface area contributed by atoms with Crippen molar-refractivity contribution in [3.8, 4) is 0 Å². The summed E-state index contributed by atoms with van der Waals surface area (Å²) < 4.78 is 0. The Balaban J connectivity index is 2.82. The number of rotatable bonds is 3. The Hall–Kier alpha value is -0.590. The molecule has 0 unspecified atom stereocenters. The zero-order valence-electron chi connectivity index (χ0n) is 4.44. The van der Waals surface area contributed by atoms with Crippen LogP contribution in [0.3, 0.4) is 0 Å². The molecule has 0 rings (SSSR count). The fourth-order valence-corrected chi connectivity index (χ4v) is 0.322. The first-order valence-electron chi connectivity index (χ1n) is 2.41. The van der Waals surface area contributed by atoms with Gasteiger partial charge in [-0.3, -0.25) is 0 Å². The fourth-order valence-electron chi connectivity index (χ4n) is 0.322. The van der Waals surface area contributed by atoms with E-state index in [1.165, 1.54) is 0 Å². The quantitative estimate of drug-likeness (QED) is 0.379. The van der Waals surface area contributed by atoms with Crippen LogP contribution in [0, 0.1) is 6.92 Å².